The fraction of sp³-hybridized carbons (Fsp3) is 0.143. The molecule has 0 bridgehead atoms. The number of hydrogen-bond donors (Lipinski definition) is 1. The number of nitro benzene ring substituents is 1. The standard InChI is InChI=1S/C14H12ClFN2O2/c15-13-5-4-11(7-14(13)16)9-17-8-10-2-1-3-12(6-10)18(19)20/h1-7,17H,8-9H2. The van der Waals surface area contributed by atoms with Gasteiger partial charge in [0, 0.05) is 25.2 Å². The third-order valence-electron chi connectivity index (χ3n) is 2.76. The van der Waals surface area contributed by atoms with Crippen molar-refractivity contribution in [1.29, 1.82) is 0 Å². The molecule has 0 unspecified atom stereocenters. The Balaban J connectivity index is 1.94. The molecule has 1 N–H and O–H groups in total. The summed E-state index contributed by atoms with van der Waals surface area (Å²) in [6, 6.07) is 11.0. The maximum atomic E-state index is 13.2. The molecule has 0 aliphatic heterocycles. The van der Waals surface area contributed by atoms with Gasteiger partial charge in [0.2, 0.25) is 0 Å². The minimum absolute atomic E-state index is 0.0573. The Kier molecular flexibility index (Phi) is 4.65. The molecule has 6 heteroatoms. The van der Waals surface area contributed by atoms with Gasteiger partial charge in [-0.1, -0.05) is 29.8 Å². The third-order valence-corrected chi connectivity index (χ3v) is 3.07. The van der Waals surface area contributed by atoms with Crippen molar-refractivity contribution in [2.75, 3.05) is 0 Å². The molecule has 0 saturated carbocycles. The van der Waals surface area contributed by atoms with E-state index in [2.05, 4.69) is 5.32 Å². The van der Waals surface area contributed by atoms with E-state index in [1.165, 1.54) is 24.3 Å². The molecule has 0 fully saturated rings. The quantitative estimate of drug-likeness (QED) is 0.676. The van der Waals surface area contributed by atoms with Crippen molar-refractivity contribution in [3.05, 3.63) is 74.5 Å². The molecule has 0 atom stereocenters. The Morgan fingerprint density at radius 2 is 1.85 bits per heavy atom. The summed E-state index contributed by atoms with van der Waals surface area (Å²) >= 11 is 5.60. The van der Waals surface area contributed by atoms with Crippen LogP contribution < -0.4 is 5.32 Å². The van der Waals surface area contributed by atoms with Gasteiger partial charge in [-0.3, -0.25) is 10.1 Å². The Hall–Kier alpha value is -1.98. The van der Waals surface area contributed by atoms with Crippen molar-refractivity contribution in [2.45, 2.75) is 13.1 Å². The molecule has 0 amide bonds. The average molecular weight is 295 g/mol. The van der Waals surface area contributed by atoms with Crippen molar-refractivity contribution < 1.29 is 9.31 Å². The number of hydrogen-bond acceptors (Lipinski definition) is 3. The summed E-state index contributed by atoms with van der Waals surface area (Å²) in [5, 5.41) is 13.8. The molecule has 4 nitrogen and oxygen atoms in total. The van der Waals surface area contributed by atoms with Gasteiger partial charge in [-0.2, -0.15) is 0 Å². The summed E-state index contributed by atoms with van der Waals surface area (Å²) in [5.74, 6) is -0.457. The van der Waals surface area contributed by atoms with E-state index >= 15 is 0 Å². The summed E-state index contributed by atoms with van der Waals surface area (Å²) in [6.07, 6.45) is 0. The maximum Gasteiger partial charge on any atom is 0.269 e. The van der Waals surface area contributed by atoms with Crippen molar-refractivity contribution in [1.82, 2.24) is 5.32 Å². The first-order chi connectivity index (χ1) is 9.56. The predicted octanol–water partition coefficient (Wildman–Crippen LogP) is 3.68. The van der Waals surface area contributed by atoms with Gasteiger partial charge in [-0.05, 0) is 23.3 Å². The Morgan fingerprint density at radius 1 is 1.15 bits per heavy atom. The Morgan fingerprint density at radius 3 is 2.50 bits per heavy atom. The molecule has 0 aliphatic rings. The van der Waals surface area contributed by atoms with Gasteiger partial charge in [0.25, 0.3) is 5.69 Å². The number of halogens is 2. The molecule has 2 aromatic carbocycles. The zero-order chi connectivity index (χ0) is 14.5. The highest BCUT2D eigenvalue weighted by atomic mass is 35.5. The number of nitro groups is 1. The number of nitrogens with one attached hydrogen (secondary N) is 1. The zero-order valence-corrected chi connectivity index (χ0v) is 11.2. The number of rotatable bonds is 5. The normalized spacial score (nSPS) is 10.5. The molecule has 0 heterocycles. The van der Waals surface area contributed by atoms with Gasteiger partial charge >= 0.3 is 0 Å². The molecule has 0 radical (unpaired) electrons. The van der Waals surface area contributed by atoms with Crippen LogP contribution in [-0.2, 0) is 13.1 Å². The van der Waals surface area contributed by atoms with Crippen LogP contribution in [0.25, 0.3) is 0 Å². The fourth-order valence-electron chi connectivity index (χ4n) is 1.78. The van der Waals surface area contributed by atoms with Crippen LogP contribution in [0.15, 0.2) is 42.5 Å². The van der Waals surface area contributed by atoms with Crippen LogP contribution in [0.1, 0.15) is 11.1 Å². The van der Waals surface area contributed by atoms with Crippen LogP contribution in [-0.4, -0.2) is 4.92 Å². The molecule has 104 valence electrons. The third kappa shape index (κ3) is 3.76. The zero-order valence-electron chi connectivity index (χ0n) is 10.5. The Bertz CT molecular complexity index is 634. The fourth-order valence-corrected chi connectivity index (χ4v) is 1.90. The highest BCUT2D eigenvalue weighted by Gasteiger charge is 2.05. The van der Waals surface area contributed by atoms with E-state index in [9.17, 15) is 14.5 Å². The summed E-state index contributed by atoms with van der Waals surface area (Å²) < 4.78 is 13.2. The van der Waals surface area contributed by atoms with Crippen LogP contribution in [0.4, 0.5) is 10.1 Å². The van der Waals surface area contributed by atoms with Crippen molar-refractivity contribution in [3.8, 4) is 0 Å². The van der Waals surface area contributed by atoms with Crippen molar-refractivity contribution in [3.63, 3.8) is 0 Å². The molecule has 2 aromatic rings. The van der Waals surface area contributed by atoms with Crippen LogP contribution in [0.3, 0.4) is 0 Å². The van der Waals surface area contributed by atoms with Gasteiger partial charge in [0.05, 0.1) is 9.95 Å². The van der Waals surface area contributed by atoms with Crippen LogP contribution in [0, 0.1) is 15.9 Å². The van der Waals surface area contributed by atoms with E-state index in [0.29, 0.717) is 13.1 Å². The average Bonchev–Trinajstić information content (AvgIpc) is 2.43. The monoisotopic (exact) mass is 294 g/mol. The largest absolute Gasteiger partial charge is 0.309 e. The van der Waals surface area contributed by atoms with E-state index in [-0.39, 0.29) is 10.7 Å². The number of benzene rings is 2. The first-order valence-electron chi connectivity index (χ1n) is 5.94. The van der Waals surface area contributed by atoms with E-state index in [1.54, 1.807) is 18.2 Å². The predicted molar refractivity (Wildman–Crippen MR) is 75.1 cm³/mol. The van der Waals surface area contributed by atoms with Crippen molar-refractivity contribution in [2.24, 2.45) is 0 Å². The highest BCUT2D eigenvalue weighted by molar-refractivity contribution is 6.30. The van der Waals surface area contributed by atoms with Gasteiger partial charge in [-0.25, -0.2) is 4.39 Å². The molecule has 0 spiro atoms. The van der Waals surface area contributed by atoms with E-state index in [4.69, 9.17) is 11.6 Å². The first kappa shape index (κ1) is 14.4. The minimum Gasteiger partial charge on any atom is -0.309 e. The summed E-state index contributed by atoms with van der Waals surface area (Å²) in [5.41, 5.74) is 1.62. The molecular formula is C14H12ClFN2O2. The maximum absolute atomic E-state index is 13.2. The summed E-state index contributed by atoms with van der Waals surface area (Å²) in [6.45, 7) is 0.919. The first-order valence-corrected chi connectivity index (χ1v) is 6.32. The minimum atomic E-state index is -0.457. The molecule has 0 aromatic heterocycles. The topological polar surface area (TPSA) is 55.2 Å². The van der Waals surface area contributed by atoms with Gasteiger partial charge in [-0.15, -0.1) is 0 Å². The molecular weight excluding hydrogens is 283 g/mol. The number of non-ortho nitro benzene ring substituents is 1. The lowest BCUT2D eigenvalue weighted by molar-refractivity contribution is -0.384. The SMILES string of the molecule is O=[N+]([O-])c1cccc(CNCc2ccc(Cl)c(F)c2)c1. The smallest absolute Gasteiger partial charge is 0.269 e. The van der Waals surface area contributed by atoms with Gasteiger partial charge < -0.3 is 5.32 Å². The lowest BCUT2D eigenvalue weighted by Gasteiger charge is -2.06. The lowest BCUT2D eigenvalue weighted by Crippen LogP contribution is -2.12. The second kappa shape index (κ2) is 6.45. The second-order valence-corrected chi connectivity index (χ2v) is 4.69. The summed E-state index contributed by atoms with van der Waals surface area (Å²) in [4.78, 5) is 10.2. The van der Waals surface area contributed by atoms with Gasteiger partial charge in [0.1, 0.15) is 5.82 Å². The molecule has 0 saturated heterocycles. The second-order valence-electron chi connectivity index (χ2n) is 4.28. The van der Waals surface area contributed by atoms with Crippen molar-refractivity contribution >= 4 is 17.3 Å². The van der Waals surface area contributed by atoms with Crippen LogP contribution in [0.2, 0.25) is 5.02 Å². The van der Waals surface area contributed by atoms with E-state index in [1.807, 2.05) is 0 Å². The highest BCUT2D eigenvalue weighted by Crippen LogP contribution is 2.16. The van der Waals surface area contributed by atoms with Crippen LogP contribution in [0.5, 0.6) is 0 Å². The molecule has 20 heavy (non-hydrogen) atoms. The Labute approximate surface area is 120 Å². The number of nitrogens with zero attached hydrogens (tertiary/aromatic N) is 1. The van der Waals surface area contributed by atoms with Gasteiger partial charge in [0.15, 0.2) is 0 Å². The lowest BCUT2D eigenvalue weighted by atomic mass is 10.2. The van der Waals surface area contributed by atoms with E-state index < -0.39 is 10.7 Å². The summed E-state index contributed by atoms with van der Waals surface area (Å²) in [7, 11) is 0. The molecule has 0 aliphatic carbocycles. The van der Waals surface area contributed by atoms with E-state index in [0.717, 1.165) is 11.1 Å². The van der Waals surface area contributed by atoms with Crippen LogP contribution >= 0.6 is 11.6 Å². The molecule has 2 rings (SSSR count).